The second-order valence-electron chi connectivity index (χ2n) is 17.7. The zero-order chi connectivity index (χ0) is 44.1. The summed E-state index contributed by atoms with van der Waals surface area (Å²) < 4.78 is 6.28. The van der Waals surface area contributed by atoms with E-state index in [-0.39, 0.29) is 29.7 Å². The number of unbranched alkanes of at least 4 members (excludes halogenated alkanes) is 2. The fraction of sp³-hybridized carbons (Fsp3) is 0.522. The van der Waals surface area contributed by atoms with Gasteiger partial charge >= 0.3 is 0 Å². The Bertz CT molecular complexity index is 2390. The Labute approximate surface area is 377 Å². The Morgan fingerprint density at radius 2 is 1.79 bits per heavy atom. The van der Waals surface area contributed by atoms with Gasteiger partial charge in [-0.25, -0.2) is 9.97 Å². The number of thiazole rings is 1. The third kappa shape index (κ3) is 10.5. The molecule has 8 rings (SSSR count). The molecule has 3 amide bonds. The van der Waals surface area contributed by atoms with Crippen LogP contribution in [0.3, 0.4) is 0 Å². The van der Waals surface area contributed by atoms with Crippen LogP contribution in [0.15, 0.2) is 48.7 Å². The Morgan fingerprint density at radius 1 is 0.984 bits per heavy atom. The molecular weight excluding hydrogens is 835 g/mol. The Balaban J connectivity index is 0.932. The highest BCUT2D eigenvalue weighted by Crippen LogP contribution is 2.53. The van der Waals surface area contributed by atoms with Crippen molar-refractivity contribution in [2.75, 3.05) is 42.7 Å². The number of benzene rings is 1. The van der Waals surface area contributed by atoms with Crippen molar-refractivity contribution in [1.29, 1.82) is 0 Å². The van der Waals surface area contributed by atoms with E-state index in [1.807, 2.05) is 67.5 Å². The van der Waals surface area contributed by atoms with Gasteiger partial charge in [-0.1, -0.05) is 61.6 Å². The van der Waals surface area contributed by atoms with Gasteiger partial charge in [-0.3, -0.25) is 23.8 Å². The molecule has 3 unspecified atom stereocenters. The molecule has 17 heteroatoms. The lowest BCUT2D eigenvalue weighted by Crippen LogP contribution is -2.39. The molecule has 2 bridgehead atoms. The molecule has 334 valence electrons. The number of fused-ring (bicyclic) bond motifs is 3. The number of amides is 3. The topological polar surface area (TPSA) is 183 Å². The largest absolute Gasteiger partial charge is 0.391 e. The molecule has 3 aliphatic rings. The van der Waals surface area contributed by atoms with Gasteiger partial charge in [0.25, 0.3) is 5.91 Å². The van der Waals surface area contributed by atoms with Crippen LogP contribution in [0.1, 0.15) is 99.3 Å². The molecule has 15 nitrogen and oxygen atoms in total. The zero-order valence-electron chi connectivity index (χ0n) is 36.7. The van der Waals surface area contributed by atoms with Crippen molar-refractivity contribution in [2.45, 2.75) is 104 Å². The SMILES string of the molecule is CCC1(Cn2ncc(-c3ccc(N(C)c4cc(C)c(Nc5nc6ccccc6s5)nn4)nc3C(=O)NSCCCCCC(=O)NCC(=O)N3CCC(O)C3)c2C)CC2CCC(C2)C1. The molecule has 5 heterocycles. The van der Waals surface area contributed by atoms with E-state index in [4.69, 9.17) is 10.1 Å². The molecule has 3 atom stereocenters. The maximum absolute atomic E-state index is 14.1. The van der Waals surface area contributed by atoms with Crippen LogP contribution in [-0.4, -0.2) is 96.2 Å². The molecule has 1 aliphatic heterocycles. The lowest BCUT2D eigenvalue weighted by atomic mass is 9.67. The number of anilines is 4. The molecule has 1 aromatic carbocycles. The number of carbonyl (C=O) groups excluding carboxylic acids is 3. The first-order valence-electron chi connectivity index (χ1n) is 22.4. The van der Waals surface area contributed by atoms with E-state index >= 15 is 0 Å². The number of carbonyl (C=O) groups is 3. The summed E-state index contributed by atoms with van der Waals surface area (Å²) in [5.74, 6) is 3.37. The number of likely N-dealkylation sites (tertiary alicyclic amines) is 1. The van der Waals surface area contributed by atoms with E-state index in [1.54, 1.807) is 16.2 Å². The lowest BCUT2D eigenvalue weighted by molar-refractivity contribution is -0.132. The Morgan fingerprint density at radius 3 is 2.54 bits per heavy atom. The van der Waals surface area contributed by atoms with E-state index in [0.29, 0.717) is 66.8 Å². The van der Waals surface area contributed by atoms with E-state index in [2.05, 4.69) is 49.1 Å². The van der Waals surface area contributed by atoms with Crippen LogP contribution in [0, 0.1) is 31.1 Å². The first-order chi connectivity index (χ1) is 30.5. The van der Waals surface area contributed by atoms with Gasteiger partial charge in [0.15, 0.2) is 16.8 Å². The Hall–Kier alpha value is -5.13. The van der Waals surface area contributed by atoms with Gasteiger partial charge in [-0.2, -0.15) is 5.10 Å². The van der Waals surface area contributed by atoms with Gasteiger partial charge in [0.1, 0.15) is 11.5 Å². The third-order valence-electron chi connectivity index (χ3n) is 13.3. The van der Waals surface area contributed by atoms with E-state index in [0.717, 1.165) is 69.8 Å². The van der Waals surface area contributed by atoms with E-state index in [1.165, 1.54) is 44.1 Å². The standard InChI is InChI=1S/C46H59N11O4S2/c1-5-46(23-31-14-15-32(22-31)24-46)28-57-30(3)35(25-48-57)34-16-17-38(55(4)39-21-29(2)43(53-52-39)51-45-49-36-11-8-9-12-37(36)63-45)50-42(34)44(61)54-62-20-10-6-7-13-40(59)47-26-41(60)56-19-18-33(58)27-56/h8-9,11-12,16-17,21,25,31-33,58H,5-7,10,13-15,18-20,22-24,26-28H2,1-4H3,(H,47,59)(H,54,61)(H,49,51,53). The summed E-state index contributed by atoms with van der Waals surface area (Å²) in [7, 11) is 1.87. The van der Waals surface area contributed by atoms with Gasteiger partial charge in [0.2, 0.25) is 11.8 Å². The minimum atomic E-state index is -0.486. The number of pyridine rings is 1. The molecule has 63 heavy (non-hydrogen) atoms. The normalized spacial score (nSPS) is 20.6. The second-order valence-corrected chi connectivity index (χ2v) is 19.7. The number of aliphatic hydroxyl groups excluding tert-OH is 1. The van der Waals surface area contributed by atoms with Gasteiger partial charge < -0.3 is 25.5 Å². The molecule has 4 N–H and O–H groups in total. The van der Waals surface area contributed by atoms with Crippen LogP contribution in [0.5, 0.6) is 0 Å². The summed E-state index contributed by atoms with van der Waals surface area (Å²) >= 11 is 2.88. The minimum absolute atomic E-state index is 0.0519. The van der Waals surface area contributed by atoms with Gasteiger partial charge in [0.05, 0.1) is 29.1 Å². The summed E-state index contributed by atoms with van der Waals surface area (Å²) in [6.07, 6.45) is 12.2. The molecule has 0 spiro atoms. The highest BCUT2D eigenvalue weighted by molar-refractivity contribution is 7.97. The van der Waals surface area contributed by atoms with Crippen LogP contribution in [-0.2, 0) is 16.1 Å². The van der Waals surface area contributed by atoms with Crippen molar-refractivity contribution < 1.29 is 19.5 Å². The number of aromatic nitrogens is 6. The molecular formula is C46H59N11O4S2. The number of nitrogens with zero attached hydrogens (tertiary/aromatic N) is 8. The number of hydrogen-bond acceptors (Lipinski definition) is 13. The van der Waals surface area contributed by atoms with Gasteiger partial charge in [-0.05, 0) is 112 Å². The molecule has 0 radical (unpaired) electrons. The summed E-state index contributed by atoms with van der Waals surface area (Å²) in [4.78, 5) is 51.9. The highest BCUT2D eigenvalue weighted by Gasteiger charge is 2.43. The number of rotatable bonds is 18. The quantitative estimate of drug-likeness (QED) is 0.0497. The number of aliphatic hydroxyl groups is 1. The van der Waals surface area contributed by atoms with E-state index < -0.39 is 6.10 Å². The van der Waals surface area contributed by atoms with Crippen molar-refractivity contribution in [1.82, 2.24) is 44.9 Å². The smallest absolute Gasteiger partial charge is 0.280 e. The first-order valence-corrected chi connectivity index (χ1v) is 24.2. The molecule has 2 aliphatic carbocycles. The Kier molecular flexibility index (Phi) is 13.9. The summed E-state index contributed by atoms with van der Waals surface area (Å²) in [5, 5.41) is 30.4. The second kappa shape index (κ2) is 19.7. The monoisotopic (exact) mass is 893 g/mol. The van der Waals surface area contributed by atoms with Crippen molar-refractivity contribution in [3.63, 3.8) is 0 Å². The van der Waals surface area contributed by atoms with Crippen molar-refractivity contribution in [3.05, 3.63) is 65.6 Å². The summed E-state index contributed by atoms with van der Waals surface area (Å²) in [6, 6.07) is 13.8. The molecule has 1 saturated heterocycles. The lowest BCUT2D eigenvalue weighted by Gasteiger charge is -2.40. The fourth-order valence-electron chi connectivity index (χ4n) is 9.65. The van der Waals surface area contributed by atoms with Crippen LogP contribution >= 0.6 is 23.3 Å². The fourth-order valence-corrected chi connectivity index (χ4v) is 11.2. The molecule has 4 aromatic heterocycles. The minimum Gasteiger partial charge on any atom is -0.391 e. The number of nitrogens with one attached hydrogen (secondary N) is 3. The number of hydrogen-bond donors (Lipinski definition) is 4. The van der Waals surface area contributed by atoms with Crippen molar-refractivity contribution in [3.8, 4) is 11.1 Å². The predicted molar refractivity (Wildman–Crippen MR) is 249 cm³/mol. The maximum atomic E-state index is 14.1. The average Bonchev–Trinajstić information content (AvgIpc) is 4.08. The average molecular weight is 894 g/mol. The van der Waals surface area contributed by atoms with E-state index in [9.17, 15) is 19.5 Å². The van der Waals surface area contributed by atoms with Crippen molar-refractivity contribution in [2.24, 2.45) is 17.3 Å². The number of aryl methyl sites for hydroxylation is 1. The van der Waals surface area contributed by atoms with Gasteiger partial charge in [0, 0.05) is 55.7 Å². The first kappa shape index (κ1) is 44.5. The van der Waals surface area contributed by atoms with Crippen LogP contribution in [0.4, 0.5) is 22.6 Å². The number of β-amino-alcohol motifs (C(OH)–C–C–N with tert-alkyl or cyclic N) is 1. The van der Waals surface area contributed by atoms with Gasteiger partial charge in [-0.15, -0.1) is 10.2 Å². The molecule has 2 saturated carbocycles. The van der Waals surface area contributed by atoms with Crippen LogP contribution in [0.25, 0.3) is 21.3 Å². The van der Waals surface area contributed by atoms with Crippen molar-refractivity contribution >= 4 is 73.8 Å². The number of para-hydroxylation sites is 1. The summed E-state index contributed by atoms with van der Waals surface area (Å²) in [6.45, 7) is 8.05. The molecule has 3 fully saturated rings. The molecule has 5 aromatic rings. The predicted octanol–water partition coefficient (Wildman–Crippen LogP) is 7.73. The van der Waals surface area contributed by atoms with Crippen LogP contribution in [0.2, 0.25) is 0 Å². The maximum Gasteiger partial charge on any atom is 0.280 e. The highest BCUT2D eigenvalue weighted by atomic mass is 32.2. The third-order valence-corrected chi connectivity index (χ3v) is 15.0. The summed E-state index contributed by atoms with van der Waals surface area (Å²) in [5.41, 5.74) is 4.95. The van der Waals surface area contributed by atoms with Crippen LogP contribution < -0.4 is 20.3 Å². The zero-order valence-corrected chi connectivity index (χ0v) is 38.4.